The quantitative estimate of drug-likeness (QED) is 0.295. The molecule has 0 saturated carbocycles. The summed E-state index contributed by atoms with van der Waals surface area (Å²) in [7, 11) is -3.39. The average molecular weight is 608 g/mol. The van der Waals surface area contributed by atoms with Gasteiger partial charge in [-0.2, -0.15) is 0 Å². The highest BCUT2D eigenvalue weighted by molar-refractivity contribution is 7.90. The molecule has 3 N–H and O–H groups in total. The molecule has 1 atom stereocenters. The first kappa shape index (κ1) is 31.6. The lowest BCUT2D eigenvalue weighted by molar-refractivity contribution is -0.123. The Labute approximate surface area is 252 Å². The number of ether oxygens (including phenoxy) is 2. The second-order valence-corrected chi connectivity index (χ2v) is 13.7. The third-order valence-corrected chi connectivity index (χ3v) is 7.77. The molecule has 0 spiro atoms. The molecular formula is C32H37N3O7S. The van der Waals surface area contributed by atoms with E-state index >= 15 is 0 Å². The molecule has 0 heterocycles. The van der Waals surface area contributed by atoms with Crippen molar-refractivity contribution >= 4 is 33.6 Å². The standard InChI is InChI=1S/C32H37N3O7S/c1-32(2,3)42-31(38)34-22-15-13-21(14-16-22)19-33-29(36)28(17-18-43(4,39)40)35-30(37)41-20-27-25-11-7-5-9-23(25)24-10-6-8-12-26(24)27/h5-16,27-28H,17-20H2,1-4H3,(H,33,36)(H,34,38)(H,35,37)/t28-/m0/s1. The highest BCUT2D eigenvalue weighted by Gasteiger charge is 2.30. The van der Waals surface area contributed by atoms with Crippen molar-refractivity contribution in [3.8, 4) is 11.1 Å². The summed E-state index contributed by atoms with van der Waals surface area (Å²) in [5.74, 6) is -0.998. The molecule has 0 saturated heterocycles. The Balaban J connectivity index is 1.35. The largest absolute Gasteiger partial charge is 0.449 e. The molecule has 4 rings (SSSR count). The molecule has 0 bridgehead atoms. The molecule has 11 heteroatoms. The number of nitrogens with one attached hydrogen (secondary N) is 3. The van der Waals surface area contributed by atoms with E-state index in [1.165, 1.54) is 0 Å². The first-order chi connectivity index (χ1) is 20.3. The zero-order valence-corrected chi connectivity index (χ0v) is 25.5. The minimum absolute atomic E-state index is 0.0595. The monoisotopic (exact) mass is 607 g/mol. The number of alkyl carbamates (subject to hydrolysis) is 1. The summed E-state index contributed by atoms with van der Waals surface area (Å²) in [4.78, 5) is 37.9. The van der Waals surface area contributed by atoms with E-state index in [0.717, 1.165) is 34.1 Å². The smallest absolute Gasteiger partial charge is 0.412 e. The fourth-order valence-electron chi connectivity index (χ4n) is 4.82. The Hall–Kier alpha value is -4.38. The van der Waals surface area contributed by atoms with Gasteiger partial charge < -0.3 is 20.1 Å². The molecule has 0 aliphatic heterocycles. The molecule has 0 radical (unpaired) electrons. The predicted octanol–water partition coefficient (Wildman–Crippen LogP) is 4.99. The Morgan fingerprint density at radius 2 is 1.44 bits per heavy atom. The topological polar surface area (TPSA) is 140 Å². The maximum atomic E-state index is 13.1. The summed E-state index contributed by atoms with van der Waals surface area (Å²) in [6, 6.07) is 21.5. The number of hydrogen-bond acceptors (Lipinski definition) is 7. The van der Waals surface area contributed by atoms with Crippen LogP contribution in [-0.4, -0.2) is 56.8 Å². The van der Waals surface area contributed by atoms with Crippen molar-refractivity contribution in [2.24, 2.45) is 0 Å². The zero-order chi connectivity index (χ0) is 31.2. The van der Waals surface area contributed by atoms with E-state index in [1.807, 2.05) is 48.5 Å². The van der Waals surface area contributed by atoms with E-state index in [4.69, 9.17) is 9.47 Å². The molecule has 3 amide bonds. The van der Waals surface area contributed by atoms with Crippen LogP contribution in [0.4, 0.5) is 15.3 Å². The van der Waals surface area contributed by atoms with Crippen molar-refractivity contribution in [1.29, 1.82) is 0 Å². The van der Waals surface area contributed by atoms with Gasteiger partial charge in [-0.1, -0.05) is 60.7 Å². The number of amides is 3. The van der Waals surface area contributed by atoms with E-state index < -0.39 is 39.6 Å². The van der Waals surface area contributed by atoms with Gasteiger partial charge >= 0.3 is 12.2 Å². The van der Waals surface area contributed by atoms with Gasteiger partial charge in [0.05, 0.1) is 5.75 Å². The molecule has 3 aromatic rings. The van der Waals surface area contributed by atoms with Gasteiger partial charge in [-0.3, -0.25) is 10.1 Å². The molecule has 10 nitrogen and oxygen atoms in total. The molecule has 0 unspecified atom stereocenters. The van der Waals surface area contributed by atoms with Crippen LogP contribution in [0.1, 0.15) is 49.8 Å². The molecular weight excluding hydrogens is 570 g/mol. The van der Waals surface area contributed by atoms with Crippen LogP contribution in [0.25, 0.3) is 11.1 Å². The van der Waals surface area contributed by atoms with Crippen molar-refractivity contribution < 1.29 is 32.3 Å². The molecule has 1 aliphatic rings. The number of carbonyl (C=O) groups is 3. The first-order valence-electron chi connectivity index (χ1n) is 13.9. The van der Waals surface area contributed by atoms with E-state index in [-0.39, 0.29) is 31.2 Å². The van der Waals surface area contributed by atoms with Crippen LogP contribution in [0.3, 0.4) is 0 Å². The van der Waals surface area contributed by atoms with Gasteiger partial charge in [0.15, 0.2) is 0 Å². The summed E-state index contributed by atoms with van der Waals surface area (Å²) in [6.45, 7) is 5.48. The second kappa shape index (κ2) is 13.3. The summed E-state index contributed by atoms with van der Waals surface area (Å²) >= 11 is 0. The predicted molar refractivity (Wildman–Crippen MR) is 164 cm³/mol. The van der Waals surface area contributed by atoms with Crippen molar-refractivity contribution in [3.05, 3.63) is 89.5 Å². The minimum atomic E-state index is -3.39. The highest BCUT2D eigenvalue weighted by atomic mass is 32.2. The van der Waals surface area contributed by atoms with Gasteiger partial charge in [0, 0.05) is 24.4 Å². The summed E-state index contributed by atoms with van der Waals surface area (Å²) in [6.07, 6.45) is -0.440. The number of hydrogen-bond donors (Lipinski definition) is 3. The van der Waals surface area contributed by atoms with Crippen LogP contribution in [-0.2, 0) is 30.7 Å². The highest BCUT2D eigenvalue weighted by Crippen LogP contribution is 2.44. The normalized spacial score (nSPS) is 13.3. The minimum Gasteiger partial charge on any atom is -0.449 e. The summed E-state index contributed by atoms with van der Waals surface area (Å²) in [5.41, 5.74) is 4.90. The van der Waals surface area contributed by atoms with Gasteiger partial charge in [0.25, 0.3) is 0 Å². The fourth-order valence-corrected chi connectivity index (χ4v) is 5.49. The maximum absolute atomic E-state index is 13.1. The van der Waals surface area contributed by atoms with E-state index in [2.05, 4.69) is 16.0 Å². The lowest BCUT2D eigenvalue weighted by Gasteiger charge is -2.20. The maximum Gasteiger partial charge on any atom is 0.412 e. The molecule has 3 aromatic carbocycles. The van der Waals surface area contributed by atoms with Crippen molar-refractivity contribution in [2.45, 2.75) is 51.3 Å². The number of rotatable bonds is 10. The van der Waals surface area contributed by atoms with Crippen LogP contribution in [0, 0.1) is 0 Å². The number of fused-ring (bicyclic) bond motifs is 3. The van der Waals surface area contributed by atoms with Gasteiger partial charge in [-0.25, -0.2) is 18.0 Å². The number of benzene rings is 3. The Bertz CT molecular complexity index is 1540. The molecule has 0 fully saturated rings. The zero-order valence-electron chi connectivity index (χ0n) is 24.7. The Kier molecular flexibility index (Phi) is 9.75. The molecule has 43 heavy (non-hydrogen) atoms. The van der Waals surface area contributed by atoms with Crippen LogP contribution in [0.5, 0.6) is 0 Å². The van der Waals surface area contributed by atoms with Crippen LogP contribution in [0.15, 0.2) is 72.8 Å². The van der Waals surface area contributed by atoms with E-state index in [0.29, 0.717) is 5.69 Å². The molecule has 1 aliphatic carbocycles. The SMILES string of the molecule is CC(C)(C)OC(=O)Nc1ccc(CNC(=O)[C@H](CCS(C)(=O)=O)NC(=O)OCC2c3ccccc3-c3ccccc32)cc1. The van der Waals surface area contributed by atoms with Crippen molar-refractivity contribution in [3.63, 3.8) is 0 Å². The van der Waals surface area contributed by atoms with Crippen molar-refractivity contribution in [2.75, 3.05) is 23.9 Å². The summed E-state index contributed by atoms with van der Waals surface area (Å²) < 4.78 is 34.5. The van der Waals surface area contributed by atoms with E-state index in [9.17, 15) is 22.8 Å². The third-order valence-electron chi connectivity index (χ3n) is 6.80. The van der Waals surface area contributed by atoms with Crippen LogP contribution in [0.2, 0.25) is 0 Å². The molecule has 228 valence electrons. The van der Waals surface area contributed by atoms with Crippen LogP contribution < -0.4 is 16.0 Å². The second-order valence-electron chi connectivity index (χ2n) is 11.5. The van der Waals surface area contributed by atoms with Gasteiger partial charge in [0.1, 0.15) is 28.1 Å². The molecule has 0 aromatic heterocycles. The van der Waals surface area contributed by atoms with Gasteiger partial charge in [-0.15, -0.1) is 0 Å². The van der Waals surface area contributed by atoms with E-state index in [1.54, 1.807) is 45.0 Å². The van der Waals surface area contributed by atoms with Crippen LogP contribution >= 0.6 is 0 Å². The first-order valence-corrected chi connectivity index (χ1v) is 16.0. The third kappa shape index (κ3) is 9.05. The van der Waals surface area contributed by atoms with Crippen molar-refractivity contribution in [1.82, 2.24) is 10.6 Å². The number of sulfone groups is 1. The number of anilines is 1. The Morgan fingerprint density at radius 3 is 2.00 bits per heavy atom. The van der Waals surface area contributed by atoms with Gasteiger partial charge in [0.2, 0.25) is 5.91 Å². The van der Waals surface area contributed by atoms with Gasteiger partial charge in [-0.05, 0) is 67.1 Å². The average Bonchev–Trinajstić information content (AvgIpc) is 3.25. The fraction of sp³-hybridized carbons (Fsp3) is 0.344. The Morgan fingerprint density at radius 1 is 0.860 bits per heavy atom. The summed E-state index contributed by atoms with van der Waals surface area (Å²) in [5, 5.41) is 7.92. The lowest BCUT2D eigenvalue weighted by atomic mass is 9.98. The number of carbonyl (C=O) groups excluding carboxylic acids is 3. The lowest BCUT2D eigenvalue weighted by Crippen LogP contribution is -2.47.